The van der Waals surface area contributed by atoms with Crippen molar-refractivity contribution < 1.29 is 33.7 Å². The average molecular weight is 515 g/mol. The molecule has 0 aromatic carbocycles. The van der Waals surface area contributed by atoms with E-state index in [0.29, 0.717) is 18.9 Å². The monoisotopic (exact) mass is 514 g/mol. The van der Waals surface area contributed by atoms with Crippen molar-refractivity contribution in [2.45, 2.75) is 92.6 Å². The van der Waals surface area contributed by atoms with Gasteiger partial charge in [0.25, 0.3) is 0 Å². The maximum absolute atomic E-state index is 13.2. The molecule has 0 spiro atoms. The molecule has 2 saturated carbocycles. The lowest BCUT2D eigenvalue weighted by atomic mass is 9.37. The number of allylic oxidation sites excluding steroid dienone is 3. The summed E-state index contributed by atoms with van der Waals surface area (Å²) in [5.41, 5.74) is -0.745. The number of carbonyl (C=O) groups is 3. The van der Waals surface area contributed by atoms with E-state index in [1.165, 1.54) is 19.4 Å². The summed E-state index contributed by atoms with van der Waals surface area (Å²) >= 11 is 0. The number of hydrogen-bond acceptors (Lipinski definition) is 7. The number of carbonyl (C=O) groups excluding carboxylic acids is 3. The van der Waals surface area contributed by atoms with Crippen molar-refractivity contribution in [3.8, 4) is 0 Å². The summed E-state index contributed by atoms with van der Waals surface area (Å²) < 4.78 is 17.8. The van der Waals surface area contributed by atoms with Crippen LogP contribution in [0.5, 0.6) is 0 Å². The molecule has 3 fully saturated rings. The van der Waals surface area contributed by atoms with E-state index >= 15 is 0 Å². The summed E-state index contributed by atoms with van der Waals surface area (Å²) in [6.45, 7) is 13.9. The van der Waals surface area contributed by atoms with Crippen LogP contribution in [0.3, 0.4) is 0 Å². The summed E-state index contributed by atoms with van der Waals surface area (Å²) in [6, 6.07) is 0. The molecule has 1 saturated heterocycles. The van der Waals surface area contributed by atoms with E-state index < -0.39 is 46.7 Å². The van der Waals surface area contributed by atoms with E-state index in [9.17, 15) is 19.5 Å². The first-order valence-electron chi connectivity index (χ1n) is 13.8. The molecule has 0 radical (unpaired) electrons. The maximum atomic E-state index is 13.2. The molecule has 7 heteroatoms. The average Bonchev–Trinajstić information content (AvgIpc) is 3.36. The van der Waals surface area contributed by atoms with Gasteiger partial charge in [-0.25, -0.2) is 0 Å². The smallest absolute Gasteiger partial charge is 0.303 e. The zero-order chi connectivity index (χ0) is 27.1. The van der Waals surface area contributed by atoms with Gasteiger partial charge in [-0.15, -0.1) is 0 Å². The topological polar surface area (TPSA) is 99.1 Å². The molecule has 1 aliphatic heterocycles. The van der Waals surface area contributed by atoms with Gasteiger partial charge in [-0.05, 0) is 53.9 Å². The van der Waals surface area contributed by atoms with Gasteiger partial charge in [0, 0.05) is 37.0 Å². The van der Waals surface area contributed by atoms with Crippen LogP contribution in [0, 0.1) is 45.3 Å². The molecule has 0 amide bonds. The summed E-state index contributed by atoms with van der Waals surface area (Å²) in [4.78, 5) is 38.3. The first-order chi connectivity index (χ1) is 17.2. The Hall–Kier alpha value is -1.99. The third kappa shape index (κ3) is 3.63. The van der Waals surface area contributed by atoms with Gasteiger partial charge in [0.15, 0.2) is 12.1 Å². The lowest BCUT2D eigenvalue weighted by Gasteiger charge is -2.68. The van der Waals surface area contributed by atoms with Gasteiger partial charge < -0.3 is 19.3 Å². The van der Waals surface area contributed by atoms with Crippen molar-refractivity contribution in [3.05, 3.63) is 23.8 Å². The summed E-state index contributed by atoms with van der Waals surface area (Å²) in [7, 11) is 0. The van der Waals surface area contributed by atoms with Crippen LogP contribution < -0.4 is 0 Å². The molecular formula is C30H42O7. The Morgan fingerprint density at radius 1 is 1.08 bits per heavy atom. The molecule has 0 aromatic heterocycles. The molecule has 5 rings (SSSR count). The number of fused-ring (bicyclic) bond motifs is 5. The van der Waals surface area contributed by atoms with Crippen LogP contribution in [0.2, 0.25) is 0 Å². The minimum atomic E-state index is -0.798. The van der Waals surface area contributed by atoms with E-state index in [1.54, 1.807) is 6.08 Å². The largest absolute Gasteiger partial charge is 0.458 e. The lowest BCUT2D eigenvalue weighted by molar-refractivity contribution is -0.238. The molecule has 5 aliphatic rings. The van der Waals surface area contributed by atoms with Crippen LogP contribution >= 0.6 is 0 Å². The van der Waals surface area contributed by atoms with Crippen LogP contribution in [0.25, 0.3) is 0 Å². The van der Waals surface area contributed by atoms with Crippen molar-refractivity contribution in [3.63, 3.8) is 0 Å². The molecule has 1 N–H and O–H groups in total. The van der Waals surface area contributed by atoms with E-state index in [1.807, 2.05) is 19.9 Å². The van der Waals surface area contributed by atoms with Crippen molar-refractivity contribution in [2.75, 3.05) is 6.61 Å². The van der Waals surface area contributed by atoms with Gasteiger partial charge >= 0.3 is 11.9 Å². The number of rotatable bonds is 3. The number of aliphatic hydroxyl groups is 1. The minimum absolute atomic E-state index is 0.00195. The van der Waals surface area contributed by atoms with Gasteiger partial charge in [-0.2, -0.15) is 0 Å². The highest BCUT2D eigenvalue weighted by Gasteiger charge is 2.72. The van der Waals surface area contributed by atoms with Gasteiger partial charge in [0.2, 0.25) is 0 Å². The Morgan fingerprint density at radius 3 is 2.35 bits per heavy atom. The number of ether oxygens (including phenoxy) is 3. The van der Waals surface area contributed by atoms with Crippen molar-refractivity contribution in [1.29, 1.82) is 0 Å². The first-order valence-corrected chi connectivity index (χ1v) is 13.8. The molecular weight excluding hydrogens is 472 g/mol. The van der Waals surface area contributed by atoms with Crippen LogP contribution in [0.15, 0.2) is 23.8 Å². The number of esters is 2. The van der Waals surface area contributed by atoms with Crippen molar-refractivity contribution in [2.24, 2.45) is 45.3 Å². The van der Waals surface area contributed by atoms with Crippen molar-refractivity contribution in [1.82, 2.24) is 0 Å². The van der Waals surface area contributed by atoms with E-state index in [4.69, 9.17) is 14.2 Å². The fourth-order valence-electron chi connectivity index (χ4n) is 9.76. The Morgan fingerprint density at radius 2 is 1.76 bits per heavy atom. The molecule has 37 heavy (non-hydrogen) atoms. The third-order valence-corrected chi connectivity index (χ3v) is 11.1. The van der Waals surface area contributed by atoms with Gasteiger partial charge in [0.1, 0.15) is 12.2 Å². The van der Waals surface area contributed by atoms with Crippen LogP contribution in [-0.4, -0.2) is 47.9 Å². The number of aliphatic hydroxyl groups excluding tert-OH is 1. The second-order valence-corrected chi connectivity index (χ2v) is 13.4. The minimum Gasteiger partial charge on any atom is -0.458 e. The summed E-state index contributed by atoms with van der Waals surface area (Å²) in [5, 5.41) is 10.1. The predicted octanol–water partition coefficient (Wildman–Crippen LogP) is 4.37. The fourth-order valence-corrected chi connectivity index (χ4v) is 9.76. The standard InChI is InChI=1S/C30H42O7/c1-16(31)36-24-25-27(3,4)22(33)11-13-29(25,6)21-10-12-28(5)19(18-14-23(34)35-15-18)8-9-20(28)30(21,7)26(24)37-17(2)32/h9,11,13,18-19,21,23-26,34H,8,10,12,14-15H2,1-7H3/t18?,19-,21+,23?,24+,25-,26+,28-,29+,30-/m0/s1. The molecule has 7 nitrogen and oxygen atoms in total. The maximum Gasteiger partial charge on any atom is 0.303 e. The Balaban J connectivity index is 1.68. The Bertz CT molecular complexity index is 1070. The van der Waals surface area contributed by atoms with Gasteiger partial charge in [-0.3, -0.25) is 14.4 Å². The van der Waals surface area contributed by atoms with Crippen LogP contribution in [0.4, 0.5) is 0 Å². The van der Waals surface area contributed by atoms with E-state index in [-0.39, 0.29) is 29.0 Å². The highest BCUT2D eigenvalue weighted by Crippen LogP contribution is 2.73. The zero-order valence-electron chi connectivity index (χ0n) is 23.2. The lowest BCUT2D eigenvalue weighted by Crippen LogP contribution is -2.70. The number of hydrogen-bond donors (Lipinski definition) is 1. The zero-order valence-corrected chi connectivity index (χ0v) is 23.2. The van der Waals surface area contributed by atoms with E-state index in [2.05, 4.69) is 26.8 Å². The summed E-state index contributed by atoms with van der Waals surface area (Å²) in [5.74, 6) is -0.568. The molecule has 4 aliphatic carbocycles. The highest BCUT2D eigenvalue weighted by atomic mass is 16.6. The second kappa shape index (κ2) is 8.51. The molecule has 0 bridgehead atoms. The number of ketones is 1. The predicted molar refractivity (Wildman–Crippen MR) is 136 cm³/mol. The molecule has 204 valence electrons. The normalized spacial score (nSPS) is 47.9. The SMILES string of the molecule is CC(=O)O[C@H]1[C@@H](OC(C)=O)[C@@]2(C)C3=CC[C@@H](C4COC(O)C4)[C@]3(C)CC[C@@H]2[C@@]2(C)C=CC(=O)C(C)(C)[C@H]12. The molecule has 2 unspecified atom stereocenters. The molecule has 1 heterocycles. The Labute approximate surface area is 220 Å². The highest BCUT2D eigenvalue weighted by molar-refractivity contribution is 5.96. The van der Waals surface area contributed by atoms with Gasteiger partial charge in [0.05, 0.1) is 6.61 Å². The first kappa shape index (κ1) is 26.6. The summed E-state index contributed by atoms with van der Waals surface area (Å²) in [6.07, 6.45) is 7.25. The van der Waals surface area contributed by atoms with E-state index in [0.717, 1.165) is 19.3 Å². The third-order valence-electron chi connectivity index (χ3n) is 11.1. The second-order valence-electron chi connectivity index (χ2n) is 13.4. The quantitative estimate of drug-likeness (QED) is 0.441. The van der Waals surface area contributed by atoms with Gasteiger partial charge in [-0.1, -0.05) is 52.3 Å². The van der Waals surface area contributed by atoms with Crippen LogP contribution in [-0.2, 0) is 28.6 Å². The van der Waals surface area contributed by atoms with Crippen LogP contribution in [0.1, 0.15) is 74.1 Å². The Kier molecular flexibility index (Phi) is 6.12. The fraction of sp³-hybridized carbons (Fsp3) is 0.767. The van der Waals surface area contributed by atoms with Crippen molar-refractivity contribution >= 4 is 17.7 Å². The molecule has 10 atom stereocenters. The molecule has 0 aromatic rings.